The third-order valence-corrected chi connectivity index (χ3v) is 5.71. The Balaban J connectivity index is 1.62. The second kappa shape index (κ2) is 8.41. The molecule has 3 heterocycles. The lowest BCUT2D eigenvalue weighted by Crippen LogP contribution is -2.54. The molecule has 0 saturated carbocycles. The highest BCUT2D eigenvalue weighted by molar-refractivity contribution is 7.80. The van der Waals surface area contributed by atoms with E-state index in [1.54, 1.807) is 6.07 Å². The third-order valence-electron chi connectivity index (χ3n) is 5.43. The van der Waals surface area contributed by atoms with Gasteiger partial charge in [-0.2, -0.15) is 0 Å². The van der Waals surface area contributed by atoms with Gasteiger partial charge in [0.25, 0.3) is 11.8 Å². The Bertz CT molecular complexity index is 1020. The highest BCUT2D eigenvalue weighted by atomic mass is 32.1. The van der Waals surface area contributed by atoms with Gasteiger partial charge in [0.2, 0.25) is 0 Å². The minimum absolute atomic E-state index is 0.00576. The Kier molecular flexibility index (Phi) is 5.69. The molecule has 2 aliphatic rings. The first-order valence-corrected chi connectivity index (χ1v) is 10.4. The van der Waals surface area contributed by atoms with Crippen molar-refractivity contribution >= 4 is 46.8 Å². The maximum absolute atomic E-state index is 13.2. The van der Waals surface area contributed by atoms with Crippen LogP contribution in [0, 0.1) is 0 Å². The lowest BCUT2D eigenvalue weighted by atomic mass is 10.1. The molecule has 0 radical (unpaired) electrons. The molecule has 0 aliphatic carbocycles. The van der Waals surface area contributed by atoms with Crippen molar-refractivity contribution in [3.05, 3.63) is 53.3 Å². The van der Waals surface area contributed by atoms with Crippen molar-refractivity contribution in [3.63, 3.8) is 0 Å². The Morgan fingerprint density at radius 1 is 1.10 bits per heavy atom. The standard InChI is InChI=1S/C22H24N4O3S/c1-3-15-6-4-5-7-18(15)26-21(28)17(20(27)23-22(26)30)14-16-8-9-19(29-16)25-12-10-24(2)11-13-25/h4-9,14H,3,10-13H2,1-2H3,(H,23,27,30). The van der Waals surface area contributed by atoms with Crippen LogP contribution in [0.2, 0.25) is 0 Å². The van der Waals surface area contributed by atoms with Gasteiger partial charge < -0.3 is 14.2 Å². The number of nitrogens with one attached hydrogen (secondary N) is 1. The fourth-order valence-electron chi connectivity index (χ4n) is 3.66. The van der Waals surface area contributed by atoms with Crippen molar-refractivity contribution in [2.45, 2.75) is 13.3 Å². The summed E-state index contributed by atoms with van der Waals surface area (Å²) < 4.78 is 5.92. The Labute approximate surface area is 180 Å². The molecule has 1 aromatic heterocycles. The van der Waals surface area contributed by atoms with Crippen LogP contribution in [0.15, 0.2) is 46.4 Å². The molecule has 1 aromatic carbocycles. The number of carbonyl (C=O) groups excluding carboxylic acids is 2. The van der Waals surface area contributed by atoms with Gasteiger partial charge in [0.15, 0.2) is 11.0 Å². The van der Waals surface area contributed by atoms with E-state index in [0.29, 0.717) is 11.4 Å². The van der Waals surface area contributed by atoms with Crippen molar-refractivity contribution in [2.75, 3.05) is 43.0 Å². The average Bonchev–Trinajstić information content (AvgIpc) is 3.20. The first-order valence-electron chi connectivity index (χ1n) is 10.0. The fraction of sp³-hybridized carbons (Fsp3) is 0.318. The molecular formula is C22H24N4O3S. The van der Waals surface area contributed by atoms with Gasteiger partial charge in [0.05, 0.1) is 5.69 Å². The van der Waals surface area contributed by atoms with E-state index in [4.69, 9.17) is 16.6 Å². The van der Waals surface area contributed by atoms with Crippen LogP contribution in [0.4, 0.5) is 11.6 Å². The third kappa shape index (κ3) is 3.88. The molecule has 156 valence electrons. The predicted octanol–water partition coefficient (Wildman–Crippen LogP) is 2.43. The zero-order valence-corrected chi connectivity index (χ0v) is 17.9. The van der Waals surface area contributed by atoms with E-state index in [1.165, 1.54) is 11.0 Å². The summed E-state index contributed by atoms with van der Waals surface area (Å²) in [5.74, 6) is 0.219. The van der Waals surface area contributed by atoms with Crippen LogP contribution < -0.4 is 15.1 Å². The molecule has 2 aliphatic heterocycles. The number of anilines is 2. The summed E-state index contributed by atoms with van der Waals surface area (Å²) in [4.78, 5) is 31.5. The molecule has 0 atom stereocenters. The zero-order chi connectivity index (χ0) is 21.3. The number of nitrogens with zero attached hydrogens (tertiary/aromatic N) is 3. The van der Waals surface area contributed by atoms with E-state index in [1.807, 2.05) is 37.3 Å². The van der Waals surface area contributed by atoms with Gasteiger partial charge >= 0.3 is 0 Å². The van der Waals surface area contributed by atoms with Crippen molar-refractivity contribution in [1.29, 1.82) is 0 Å². The molecule has 2 fully saturated rings. The van der Waals surface area contributed by atoms with Crippen LogP contribution in [0.3, 0.4) is 0 Å². The molecular weight excluding hydrogens is 400 g/mol. The second-order valence-corrected chi connectivity index (χ2v) is 7.79. The minimum Gasteiger partial charge on any atom is -0.441 e. The van der Waals surface area contributed by atoms with E-state index >= 15 is 0 Å². The number of piperazine rings is 1. The van der Waals surface area contributed by atoms with Crippen LogP contribution in [-0.4, -0.2) is 55.1 Å². The molecule has 8 heteroatoms. The largest absolute Gasteiger partial charge is 0.441 e. The fourth-order valence-corrected chi connectivity index (χ4v) is 3.94. The lowest BCUT2D eigenvalue weighted by Gasteiger charge is -2.32. The van der Waals surface area contributed by atoms with Gasteiger partial charge in [-0.1, -0.05) is 25.1 Å². The average molecular weight is 425 g/mol. The molecule has 30 heavy (non-hydrogen) atoms. The number of aryl methyl sites for hydroxylation is 1. The summed E-state index contributed by atoms with van der Waals surface area (Å²) in [6, 6.07) is 11.2. The molecule has 4 rings (SSSR count). The van der Waals surface area contributed by atoms with Crippen molar-refractivity contribution in [3.8, 4) is 0 Å². The number of likely N-dealkylation sites (N-methyl/N-ethyl adjacent to an activating group) is 1. The number of carbonyl (C=O) groups is 2. The van der Waals surface area contributed by atoms with Gasteiger partial charge in [0, 0.05) is 32.2 Å². The summed E-state index contributed by atoms with van der Waals surface area (Å²) >= 11 is 5.30. The van der Waals surface area contributed by atoms with Gasteiger partial charge in [-0.05, 0) is 49.5 Å². The number of para-hydroxylation sites is 1. The van der Waals surface area contributed by atoms with E-state index in [9.17, 15) is 9.59 Å². The number of amides is 2. The molecule has 2 amide bonds. The smallest absolute Gasteiger partial charge is 0.270 e. The van der Waals surface area contributed by atoms with Crippen LogP contribution in [0.25, 0.3) is 6.08 Å². The van der Waals surface area contributed by atoms with Gasteiger partial charge in [0.1, 0.15) is 11.3 Å². The number of furan rings is 1. The predicted molar refractivity (Wildman–Crippen MR) is 120 cm³/mol. The SMILES string of the molecule is CCc1ccccc1N1C(=O)C(=Cc2ccc(N3CCN(C)CC3)o2)C(=O)NC1=S. The van der Waals surface area contributed by atoms with Gasteiger partial charge in [-0.15, -0.1) is 0 Å². The number of rotatable bonds is 4. The second-order valence-electron chi connectivity index (χ2n) is 7.41. The van der Waals surface area contributed by atoms with E-state index in [-0.39, 0.29) is 10.7 Å². The minimum atomic E-state index is -0.521. The van der Waals surface area contributed by atoms with Crippen molar-refractivity contribution < 1.29 is 14.0 Å². The molecule has 7 nitrogen and oxygen atoms in total. The van der Waals surface area contributed by atoms with Crippen molar-refractivity contribution in [2.24, 2.45) is 0 Å². The van der Waals surface area contributed by atoms with Crippen molar-refractivity contribution in [1.82, 2.24) is 10.2 Å². The molecule has 0 spiro atoms. The number of thiocarbonyl (C=S) groups is 1. The first kappa shape index (κ1) is 20.3. The van der Waals surface area contributed by atoms with Crippen LogP contribution in [0.1, 0.15) is 18.2 Å². The number of hydrogen-bond donors (Lipinski definition) is 1. The van der Waals surface area contributed by atoms with Crippen LogP contribution in [0.5, 0.6) is 0 Å². The van der Waals surface area contributed by atoms with E-state index in [0.717, 1.165) is 44.0 Å². The molecule has 1 N–H and O–H groups in total. The summed E-state index contributed by atoms with van der Waals surface area (Å²) in [5, 5.41) is 2.71. The van der Waals surface area contributed by atoms with Gasteiger partial charge in [-0.25, -0.2) is 0 Å². The monoisotopic (exact) mass is 424 g/mol. The summed E-state index contributed by atoms with van der Waals surface area (Å²) in [6.07, 6.45) is 2.22. The number of benzene rings is 1. The Morgan fingerprint density at radius 2 is 1.83 bits per heavy atom. The van der Waals surface area contributed by atoms with Crippen LogP contribution in [-0.2, 0) is 16.0 Å². The lowest BCUT2D eigenvalue weighted by molar-refractivity contribution is -0.122. The summed E-state index contributed by atoms with van der Waals surface area (Å²) in [7, 11) is 2.09. The van der Waals surface area contributed by atoms with Gasteiger partial charge in [-0.3, -0.25) is 19.8 Å². The normalized spacial score (nSPS) is 19.5. The van der Waals surface area contributed by atoms with E-state index < -0.39 is 11.8 Å². The Hall–Kier alpha value is -2.97. The highest BCUT2D eigenvalue weighted by Gasteiger charge is 2.35. The quantitative estimate of drug-likeness (QED) is 0.462. The number of hydrogen-bond acceptors (Lipinski definition) is 6. The summed E-state index contributed by atoms with van der Waals surface area (Å²) in [6.45, 7) is 5.67. The molecule has 0 unspecified atom stereocenters. The van der Waals surface area contributed by atoms with E-state index in [2.05, 4.69) is 22.2 Å². The van der Waals surface area contributed by atoms with Crippen LogP contribution >= 0.6 is 12.2 Å². The first-order chi connectivity index (χ1) is 14.5. The molecule has 2 aromatic rings. The topological polar surface area (TPSA) is 69.0 Å². The highest BCUT2D eigenvalue weighted by Crippen LogP contribution is 2.27. The molecule has 0 bridgehead atoms. The summed E-state index contributed by atoms with van der Waals surface area (Å²) in [5.41, 5.74) is 1.64. The maximum atomic E-state index is 13.2. The molecule has 2 saturated heterocycles. The Morgan fingerprint density at radius 3 is 2.57 bits per heavy atom. The maximum Gasteiger partial charge on any atom is 0.270 e. The zero-order valence-electron chi connectivity index (χ0n) is 17.1.